The summed E-state index contributed by atoms with van der Waals surface area (Å²) in [6.07, 6.45) is 9.37. The van der Waals surface area contributed by atoms with Crippen molar-refractivity contribution in [1.82, 2.24) is 14.8 Å². The molecule has 2 bridgehead atoms. The number of hydrogen-bond donors (Lipinski definition) is 1. The molecule has 8 heteroatoms. The third-order valence-electron chi connectivity index (χ3n) is 9.21. The summed E-state index contributed by atoms with van der Waals surface area (Å²) in [4.78, 5) is 25.5. The van der Waals surface area contributed by atoms with Crippen LogP contribution in [-0.4, -0.2) is 47.4 Å². The number of aromatic nitrogens is 1. The number of amides is 1. The molecule has 6 rings (SSSR count). The van der Waals surface area contributed by atoms with E-state index in [0.717, 1.165) is 43.7 Å². The van der Waals surface area contributed by atoms with Crippen LogP contribution >= 0.6 is 23.2 Å². The molecule has 2 fully saturated rings. The van der Waals surface area contributed by atoms with Crippen molar-refractivity contribution in [3.8, 4) is 5.75 Å². The fourth-order valence-corrected chi connectivity index (χ4v) is 7.79. The third kappa shape index (κ3) is 9.62. The van der Waals surface area contributed by atoms with E-state index in [0.29, 0.717) is 53.0 Å². The molecule has 3 aromatic carbocycles. The average molecular weight is 679 g/mol. The Labute approximate surface area is 290 Å². The summed E-state index contributed by atoms with van der Waals surface area (Å²) >= 11 is 12.2. The van der Waals surface area contributed by atoms with Gasteiger partial charge in [-0.05, 0) is 87.3 Å². The Morgan fingerprint density at radius 2 is 1.64 bits per heavy atom. The van der Waals surface area contributed by atoms with E-state index in [1.807, 2.05) is 45.0 Å². The van der Waals surface area contributed by atoms with Gasteiger partial charge in [0.15, 0.2) is 5.78 Å². The van der Waals surface area contributed by atoms with Crippen LogP contribution in [0.4, 0.5) is 0 Å². The van der Waals surface area contributed by atoms with Gasteiger partial charge in [-0.3, -0.25) is 14.5 Å². The van der Waals surface area contributed by atoms with Gasteiger partial charge in [-0.2, -0.15) is 0 Å². The normalized spacial score (nSPS) is 18.5. The molecule has 4 aromatic rings. The molecule has 3 heterocycles. The van der Waals surface area contributed by atoms with Crippen molar-refractivity contribution >= 4 is 46.3 Å². The van der Waals surface area contributed by atoms with E-state index in [1.54, 1.807) is 25.3 Å². The van der Waals surface area contributed by atoms with Gasteiger partial charge < -0.3 is 14.6 Å². The summed E-state index contributed by atoms with van der Waals surface area (Å²) in [7, 11) is 1.75. The number of para-hydroxylation sites is 1. The zero-order valence-corrected chi connectivity index (χ0v) is 29.9. The van der Waals surface area contributed by atoms with Gasteiger partial charge in [-0.25, -0.2) is 0 Å². The molecule has 2 aliphatic rings. The minimum absolute atomic E-state index is 0.158. The van der Waals surface area contributed by atoms with Gasteiger partial charge in [-0.15, -0.1) is 0 Å². The van der Waals surface area contributed by atoms with Crippen molar-refractivity contribution in [2.45, 2.75) is 91.4 Å². The quantitative estimate of drug-likeness (QED) is 0.127. The lowest BCUT2D eigenvalue weighted by molar-refractivity contribution is -0.109. The largest absolute Gasteiger partial charge is 0.495 e. The smallest absolute Gasteiger partial charge is 0.207 e. The Kier molecular flexibility index (Phi) is 13.8. The zero-order valence-electron chi connectivity index (χ0n) is 28.4. The minimum atomic E-state index is 0.158. The Morgan fingerprint density at radius 1 is 0.957 bits per heavy atom. The van der Waals surface area contributed by atoms with Crippen LogP contribution in [0, 0.1) is 19.8 Å². The van der Waals surface area contributed by atoms with E-state index >= 15 is 0 Å². The summed E-state index contributed by atoms with van der Waals surface area (Å²) in [5.74, 6) is 1.54. The maximum atomic E-state index is 12.9. The second-order valence-electron chi connectivity index (χ2n) is 12.4. The van der Waals surface area contributed by atoms with E-state index in [2.05, 4.69) is 46.1 Å². The highest BCUT2D eigenvalue weighted by Gasteiger charge is 2.40. The fourth-order valence-electron chi connectivity index (χ4n) is 7.26. The maximum absolute atomic E-state index is 12.9. The molecule has 252 valence electrons. The average Bonchev–Trinajstić information content (AvgIpc) is 3.51. The second-order valence-corrected chi connectivity index (χ2v) is 13.3. The van der Waals surface area contributed by atoms with Crippen molar-refractivity contribution in [2.75, 3.05) is 13.7 Å². The number of benzene rings is 3. The molecule has 2 atom stereocenters. The molecular formula is C39H49Cl2N3O3. The standard InChI is InChI=1S/C28H32Cl2N2O2.C9H11NO.C2H6/c1-18-17-31(28-25(18)5-3-6-27(28)34-2)9-4-10-32-23-7-8-24(32)12-19(11-23)13-26(33)20-14-21(29)16-22(30)15-20;1-8-3-2-4-9(5-8)6-10-7-11;1-2/h3,5-6,14-17,19,23-24H,4,7-13H2,1-2H3;2-5,7H,6H2,1H3,(H,10,11);1-2H3. The number of halogens is 2. The summed E-state index contributed by atoms with van der Waals surface area (Å²) in [5, 5.41) is 4.93. The minimum Gasteiger partial charge on any atom is -0.495 e. The first kappa shape index (κ1) is 36.5. The Hall–Kier alpha value is -3.32. The first-order valence-corrected chi connectivity index (χ1v) is 17.6. The number of ether oxygens (including phenoxy) is 1. The SMILES string of the molecule is CC.COc1cccc2c(C)cn(CCCN3C4CCC3CC(CC(=O)c3cc(Cl)cc(Cl)c3)C4)c12.Cc1cccc(CNC=O)c1. The summed E-state index contributed by atoms with van der Waals surface area (Å²) in [6.45, 7) is 10.9. The highest BCUT2D eigenvalue weighted by molar-refractivity contribution is 6.35. The molecule has 0 saturated carbocycles. The number of nitrogens with zero attached hydrogens (tertiary/aromatic N) is 2. The lowest BCUT2D eigenvalue weighted by Gasteiger charge is -2.39. The molecule has 47 heavy (non-hydrogen) atoms. The highest BCUT2D eigenvalue weighted by atomic mass is 35.5. The molecule has 6 nitrogen and oxygen atoms in total. The number of rotatable bonds is 11. The number of ketones is 1. The Balaban J connectivity index is 0.000000325. The number of fused-ring (bicyclic) bond motifs is 3. The van der Waals surface area contributed by atoms with E-state index < -0.39 is 0 Å². The first-order chi connectivity index (χ1) is 22.7. The maximum Gasteiger partial charge on any atom is 0.207 e. The first-order valence-electron chi connectivity index (χ1n) is 16.9. The van der Waals surface area contributed by atoms with Gasteiger partial charge in [0.25, 0.3) is 0 Å². The molecule has 2 unspecified atom stereocenters. The zero-order chi connectivity index (χ0) is 33.9. The van der Waals surface area contributed by atoms with Crippen molar-refractivity contribution in [3.05, 3.63) is 99.2 Å². The van der Waals surface area contributed by atoms with Gasteiger partial charge in [0.2, 0.25) is 6.41 Å². The predicted molar refractivity (Wildman–Crippen MR) is 195 cm³/mol. The van der Waals surface area contributed by atoms with Crippen LogP contribution in [-0.2, 0) is 17.9 Å². The number of carbonyl (C=O) groups excluding carboxylic acids is 2. The molecule has 1 N–H and O–H groups in total. The number of carbonyl (C=O) groups is 2. The number of Topliss-reactive ketones (excluding diaryl/α,β-unsaturated/α-hetero) is 1. The summed E-state index contributed by atoms with van der Waals surface area (Å²) < 4.78 is 7.99. The van der Waals surface area contributed by atoms with E-state index in [1.165, 1.54) is 34.9 Å². The summed E-state index contributed by atoms with van der Waals surface area (Å²) in [6, 6.07) is 20.7. The Morgan fingerprint density at radius 3 is 2.28 bits per heavy atom. The lowest BCUT2D eigenvalue weighted by atomic mass is 9.85. The molecule has 1 amide bonds. The molecule has 0 spiro atoms. The van der Waals surface area contributed by atoms with Crippen LogP contribution in [0.3, 0.4) is 0 Å². The van der Waals surface area contributed by atoms with Crippen molar-refractivity contribution in [1.29, 1.82) is 0 Å². The molecule has 2 saturated heterocycles. The van der Waals surface area contributed by atoms with Gasteiger partial charge in [-0.1, -0.05) is 79.0 Å². The van der Waals surface area contributed by atoms with Crippen molar-refractivity contribution in [3.63, 3.8) is 0 Å². The highest BCUT2D eigenvalue weighted by Crippen LogP contribution is 2.40. The fraction of sp³-hybridized carbons (Fsp3) is 0.436. The van der Waals surface area contributed by atoms with Gasteiger partial charge in [0.05, 0.1) is 12.6 Å². The van der Waals surface area contributed by atoms with Crippen LogP contribution in [0.15, 0.2) is 66.9 Å². The molecule has 0 aliphatic carbocycles. The molecule has 2 aliphatic heterocycles. The predicted octanol–water partition coefficient (Wildman–Crippen LogP) is 9.44. The van der Waals surface area contributed by atoms with Crippen LogP contribution in [0.25, 0.3) is 10.9 Å². The molecule has 0 radical (unpaired) electrons. The van der Waals surface area contributed by atoms with Crippen LogP contribution in [0.1, 0.15) is 79.4 Å². The van der Waals surface area contributed by atoms with Crippen LogP contribution < -0.4 is 10.1 Å². The van der Waals surface area contributed by atoms with E-state index in [9.17, 15) is 9.59 Å². The monoisotopic (exact) mass is 677 g/mol. The Bertz CT molecular complexity index is 1600. The van der Waals surface area contributed by atoms with Crippen molar-refractivity contribution in [2.24, 2.45) is 5.92 Å². The molecular weight excluding hydrogens is 629 g/mol. The number of piperidine rings is 1. The number of methoxy groups -OCH3 is 1. The third-order valence-corrected chi connectivity index (χ3v) is 9.64. The number of nitrogens with one attached hydrogen (secondary N) is 1. The van der Waals surface area contributed by atoms with Gasteiger partial charge in [0.1, 0.15) is 5.75 Å². The number of hydrogen-bond acceptors (Lipinski definition) is 4. The summed E-state index contributed by atoms with van der Waals surface area (Å²) in [5.41, 5.74) is 5.48. The van der Waals surface area contributed by atoms with Crippen LogP contribution in [0.5, 0.6) is 5.75 Å². The van der Waals surface area contributed by atoms with E-state index in [-0.39, 0.29) is 5.78 Å². The number of aryl methyl sites for hydroxylation is 3. The van der Waals surface area contributed by atoms with Crippen LogP contribution in [0.2, 0.25) is 10.0 Å². The van der Waals surface area contributed by atoms with Crippen molar-refractivity contribution < 1.29 is 14.3 Å². The van der Waals surface area contributed by atoms with Gasteiger partial charge >= 0.3 is 0 Å². The topological polar surface area (TPSA) is 63.6 Å². The lowest BCUT2D eigenvalue weighted by Crippen LogP contribution is -2.43. The second kappa shape index (κ2) is 17.7. The molecule has 1 aromatic heterocycles. The van der Waals surface area contributed by atoms with Gasteiger partial charge in [0, 0.05) is 65.3 Å². The van der Waals surface area contributed by atoms with E-state index in [4.69, 9.17) is 27.9 Å².